The number of benzene rings is 2. The normalized spacial score (nSPS) is 10.5. The van der Waals surface area contributed by atoms with Crippen LogP contribution in [0.3, 0.4) is 0 Å². The van der Waals surface area contributed by atoms with E-state index in [-0.39, 0.29) is 23.9 Å². The van der Waals surface area contributed by atoms with Crippen molar-refractivity contribution in [3.05, 3.63) is 64.0 Å². The lowest BCUT2D eigenvalue weighted by atomic mass is 10.2. The van der Waals surface area contributed by atoms with E-state index in [9.17, 15) is 32.9 Å². The zero-order valence-electron chi connectivity index (χ0n) is 15.9. The van der Waals surface area contributed by atoms with Crippen LogP contribution in [0.1, 0.15) is 13.3 Å². The summed E-state index contributed by atoms with van der Waals surface area (Å²) in [7, 11) is 0. The number of hydrogen-bond donors (Lipinski definition) is 1. The summed E-state index contributed by atoms with van der Waals surface area (Å²) in [4.78, 5) is 36.7. The van der Waals surface area contributed by atoms with Crippen LogP contribution in [0.15, 0.2) is 41.3 Å². The molecule has 0 heterocycles. The van der Waals surface area contributed by atoms with Crippen molar-refractivity contribution in [2.45, 2.75) is 18.2 Å². The van der Waals surface area contributed by atoms with Crippen LogP contribution in [0.2, 0.25) is 0 Å². The van der Waals surface area contributed by atoms with Gasteiger partial charge in [0, 0.05) is 23.6 Å². The van der Waals surface area contributed by atoms with Gasteiger partial charge in [-0.05, 0) is 30.7 Å². The lowest BCUT2D eigenvalue weighted by molar-refractivity contribution is -0.384. The number of thioether (sulfide) groups is 1. The summed E-state index contributed by atoms with van der Waals surface area (Å²) < 4.78 is 40.0. The zero-order valence-corrected chi connectivity index (χ0v) is 16.7. The van der Waals surface area contributed by atoms with Crippen molar-refractivity contribution in [1.82, 2.24) is 4.90 Å². The summed E-state index contributed by atoms with van der Waals surface area (Å²) in [6.45, 7) is 1.66. The second kappa shape index (κ2) is 10.6. The zero-order chi connectivity index (χ0) is 22.3. The Kier molecular flexibility index (Phi) is 8.22. The molecule has 2 amide bonds. The topological polar surface area (TPSA) is 92.6 Å². The van der Waals surface area contributed by atoms with Gasteiger partial charge >= 0.3 is 0 Å². The summed E-state index contributed by atoms with van der Waals surface area (Å²) >= 11 is 1.14. The van der Waals surface area contributed by atoms with Gasteiger partial charge in [-0.1, -0.05) is 6.92 Å². The SMILES string of the molecule is CCCN(CC(=O)Nc1ccc(F)c(F)c1F)C(=O)CSc1ccc([N+](=O)[O-])cc1. The van der Waals surface area contributed by atoms with Crippen molar-refractivity contribution in [3.63, 3.8) is 0 Å². The van der Waals surface area contributed by atoms with Gasteiger partial charge < -0.3 is 10.2 Å². The molecule has 0 unspecified atom stereocenters. The van der Waals surface area contributed by atoms with Gasteiger partial charge in [-0.3, -0.25) is 19.7 Å². The number of hydrogen-bond acceptors (Lipinski definition) is 5. The Balaban J connectivity index is 1.97. The van der Waals surface area contributed by atoms with Crippen LogP contribution in [0.4, 0.5) is 24.5 Å². The van der Waals surface area contributed by atoms with E-state index < -0.39 is 40.5 Å². The summed E-state index contributed by atoms with van der Waals surface area (Å²) in [5, 5.41) is 12.8. The predicted octanol–water partition coefficient (Wildman–Crippen LogP) is 3.98. The minimum absolute atomic E-state index is 0.0232. The Morgan fingerprint density at radius 3 is 2.37 bits per heavy atom. The van der Waals surface area contributed by atoms with Gasteiger partial charge in [-0.25, -0.2) is 13.2 Å². The minimum atomic E-state index is -1.70. The Bertz CT molecular complexity index is 941. The van der Waals surface area contributed by atoms with Gasteiger partial charge in [-0.2, -0.15) is 0 Å². The van der Waals surface area contributed by atoms with Gasteiger partial charge in [0.15, 0.2) is 17.5 Å². The summed E-state index contributed by atoms with van der Waals surface area (Å²) in [6.07, 6.45) is 0.556. The standard InChI is InChI=1S/C19H18F3N3O4S/c1-2-9-24(10-16(26)23-15-8-7-14(20)18(21)19(15)22)17(27)11-30-13-5-3-12(4-6-13)25(28)29/h3-8H,2,9-11H2,1H3,(H,23,26). The maximum absolute atomic E-state index is 13.7. The summed E-state index contributed by atoms with van der Waals surface area (Å²) in [5.74, 6) is -5.76. The van der Waals surface area contributed by atoms with Crippen LogP contribution in [0, 0.1) is 27.6 Å². The molecule has 0 spiro atoms. The Hall–Kier alpha value is -3.08. The van der Waals surface area contributed by atoms with Gasteiger partial charge in [0.05, 0.1) is 22.9 Å². The molecule has 0 aliphatic heterocycles. The molecular weight excluding hydrogens is 423 g/mol. The van der Waals surface area contributed by atoms with Crippen LogP contribution in [-0.4, -0.2) is 40.5 Å². The van der Waals surface area contributed by atoms with E-state index in [0.29, 0.717) is 17.4 Å². The largest absolute Gasteiger partial charge is 0.333 e. The fraction of sp³-hybridized carbons (Fsp3) is 0.263. The highest BCUT2D eigenvalue weighted by Gasteiger charge is 2.20. The smallest absolute Gasteiger partial charge is 0.269 e. The van der Waals surface area contributed by atoms with Crippen molar-refractivity contribution < 1.29 is 27.7 Å². The molecule has 0 atom stereocenters. The Labute approximate surface area is 174 Å². The molecule has 0 aliphatic carbocycles. The predicted molar refractivity (Wildman–Crippen MR) is 106 cm³/mol. The molecular formula is C19H18F3N3O4S. The first-order valence-electron chi connectivity index (χ1n) is 8.81. The van der Waals surface area contributed by atoms with Crippen LogP contribution < -0.4 is 5.32 Å². The molecule has 160 valence electrons. The number of non-ortho nitro benzene ring substituents is 1. The highest BCUT2D eigenvalue weighted by molar-refractivity contribution is 8.00. The molecule has 0 radical (unpaired) electrons. The van der Waals surface area contributed by atoms with Gasteiger partial charge in [0.2, 0.25) is 11.8 Å². The third-order valence-corrected chi connectivity index (χ3v) is 4.90. The van der Waals surface area contributed by atoms with Crippen molar-refractivity contribution in [3.8, 4) is 0 Å². The monoisotopic (exact) mass is 441 g/mol. The van der Waals surface area contributed by atoms with E-state index in [0.717, 1.165) is 17.8 Å². The van der Waals surface area contributed by atoms with Crippen LogP contribution in [-0.2, 0) is 9.59 Å². The van der Waals surface area contributed by atoms with E-state index in [1.54, 1.807) is 6.92 Å². The summed E-state index contributed by atoms with van der Waals surface area (Å²) in [5.41, 5.74) is -0.595. The lowest BCUT2D eigenvalue weighted by Gasteiger charge is -2.21. The highest BCUT2D eigenvalue weighted by atomic mass is 32.2. The number of nitro benzene ring substituents is 1. The van der Waals surface area contributed by atoms with E-state index in [1.807, 2.05) is 0 Å². The fourth-order valence-electron chi connectivity index (χ4n) is 2.45. The average molecular weight is 441 g/mol. The highest BCUT2D eigenvalue weighted by Crippen LogP contribution is 2.22. The number of nitrogens with zero attached hydrogens (tertiary/aromatic N) is 2. The molecule has 0 bridgehead atoms. The van der Waals surface area contributed by atoms with Gasteiger partial charge in [0.1, 0.15) is 0 Å². The third kappa shape index (κ3) is 6.21. The molecule has 0 saturated carbocycles. The lowest BCUT2D eigenvalue weighted by Crippen LogP contribution is -2.39. The number of halogens is 3. The van der Waals surface area contributed by atoms with Crippen molar-refractivity contribution >= 4 is 35.0 Å². The van der Waals surface area contributed by atoms with Gasteiger partial charge in [-0.15, -0.1) is 11.8 Å². The van der Waals surface area contributed by atoms with Gasteiger partial charge in [0.25, 0.3) is 5.69 Å². The Morgan fingerprint density at radius 2 is 1.77 bits per heavy atom. The molecule has 2 aromatic carbocycles. The molecule has 7 nitrogen and oxygen atoms in total. The molecule has 11 heteroatoms. The van der Waals surface area contributed by atoms with Crippen molar-refractivity contribution in [1.29, 1.82) is 0 Å². The maximum Gasteiger partial charge on any atom is 0.269 e. The Morgan fingerprint density at radius 1 is 1.10 bits per heavy atom. The van der Waals surface area contributed by atoms with Crippen LogP contribution in [0.25, 0.3) is 0 Å². The molecule has 0 saturated heterocycles. The molecule has 0 fully saturated rings. The van der Waals surface area contributed by atoms with E-state index >= 15 is 0 Å². The number of anilines is 1. The van der Waals surface area contributed by atoms with Crippen molar-refractivity contribution in [2.24, 2.45) is 0 Å². The number of amides is 2. The molecule has 0 aliphatic rings. The minimum Gasteiger partial charge on any atom is -0.333 e. The number of carbonyl (C=O) groups is 2. The summed E-state index contributed by atoms with van der Waals surface area (Å²) in [6, 6.07) is 7.24. The molecule has 2 rings (SSSR count). The second-order valence-corrected chi connectivity index (χ2v) is 7.17. The first-order chi connectivity index (χ1) is 14.2. The average Bonchev–Trinajstić information content (AvgIpc) is 2.72. The maximum atomic E-state index is 13.7. The number of rotatable bonds is 9. The first kappa shape index (κ1) is 23.2. The quantitative estimate of drug-likeness (QED) is 0.275. The number of carbonyl (C=O) groups excluding carboxylic acids is 2. The first-order valence-corrected chi connectivity index (χ1v) is 9.79. The van der Waals surface area contributed by atoms with Crippen LogP contribution in [0.5, 0.6) is 0 Å². The third-order valence-electron chi connectivity index (χ3n) is 3.90. The van der Waals surface area contributed by atoms with E-state index in [1.165, 1.54) is 29.2 Å². The molecule has 0 aromatic heterocycles. The van der Waals surface area contributed by atoms with E-state index in [4.69, 9.17) is 0 Å². The molecule has 1 N–H and O–H groups in total. The molecule has 2 aromatic rings. The van der Waals surface area contributed by atoms with Crippen molar-refractivity contribution in [2.75, 3.05) is 24.2 Å². The molecule has 30 heavy (non-hydrogen) atoms. The second-order valence-electron chi connectivity index (χ2n) is 6.13. The van der Waals surface area contributed by atoms with Crippen LogP contribution >= 0.6 is 11.8 Å². The fourth-order valence-corrected chi connectivity index (χ4v) is 3.25. The number of nitrogens with one attached hydrogen (secondary N) is 1. The number of nitro groups is 1. The van der Waals surface area contributed by atoms with E-state index in [2.05, 4.69) is 5.32 Å².